The van der Waals surface area contributed by atoms with E-state index >= 15 is 0 Å². The van der Waals surface area contributed by atoms with Gasteiger partial charge in [-0.15, -0.1) is 0 Å². The fourth-order valence-electron chi connectivity index (χ4n) is 1.87. The van der Waals surface area contributed by atoms with Crippen LogP contribution in [-0.4, -0.2) is 16.3 Å². The van der Waals surface area contributed by atoms with Gasteiger partial charge in [0.1, 0.15) is 0 Å². The fourth-order valence-corrected chi connectivity index (χ4v) is 2.22. The topological polar surface area (TPSA) is 25.2 Å². The van der Waals surface area contributed by atoms with Crippen molar-refractivity contribution in [1.29, 1.82) is 0 Å². The lowest BCUT2D eigenvalue weighted by molar-refractivity contribution is 0.280. The van der Waals surface area contributed by atoms with Crippen LogP contribution in [0.1, 0.15) is 12.0 Å². The smallest absolute Gasteiger partial charge is 0.0494 e. The molecule has 1 N–H and O–H groups in total. The summed E-state index contributed by atoms with van der Waals surface area (Å²) in [6.45, 7) is 3.23. The van der Waals surface area contributed by atoms with Crippen molar-refractivity contribution < 1.29 is 5.11 Å². The first-order chi connectivity index (χ1) is 7.22. The van der Waals surface area contributed by atoms with Gasteiger partial charge in [-0.05, 0) is 31.0 Å². The first kappa shape index (κ1) is 10.7. The van der Waals surface area contributed by atoms with Gasteiger partial charge in [-0.3, -0.25) is 0 Å². The summed E-state index contributed by atoms with van der Waals surface area (Å²) in [4.78, 5) is 0. The number of hydrogen-bond acceptors (Lipinski definition) is 1. The van der Waals surface area contributed by atoms with E-state index in [1.165, 1.54) is 16.5 Å². The van der Waals surface area contributed by atoms with E-state index in [4.69, 9.17) is 5.11 Å². The van der Waals surface area contributed by atoms with Crippen LogP contribution in [0.25, 0.3) is 10.9 Å². The van der Waals surface area contributed by atoms with Crippen LogP contribution < -0.4 is 0 Å². The number of aliphatic hydroxyl groups excluding tert-OH is 1. The van der Waals surface area contributed by atoms with Crippen molar-refractivity contribution in [3.63, 3.8) is 0 Å². The Morgan fingerprint density at radius 1 is 1.40 bits per heavy atom. The van der Waals surface area contributed by atoms with Crippen LogP contribution in [0.2, 0.25) is 0 Å². The summed E-state index contributed by atoms with van der Waals surface area (Å²) < 4.78 is 3.30. The molecule has 0 aliphatic rings. The Balaban J connectivity index is 2.49. The van der Waals surface area contributed by atoms with Gasteiger partial charge in [-0.1, -0.05) is 22.0 Å². The van der Waals surface area contributed by atoms with Crippen LogP contribution in [0.3, 0.4) is 0 Å². The summed E-state index contributed by atoms with van der Waals surface area (Å²) in [5.41, 5.74) is 2.52. The molecule has 3 heteroatoms. The fraction of sp³-hybridized carbons (Fsp3) is 0.333. The maximum Gasteiger partial charge on any atom is 0.0494 e. The number of aromatic nitrogens is 1. The number of rotatable bonds is 3. The average Bonchev–Trinajstić information content (AvgIpc) is 2.52. The van der Waals surface area contributed by atoms with E-state index in [-0.39, 0.29) is 6.61 Å². The molecule has 80 valence electrons. The Labute approximate surface area is 97.7 Å². The minimum absolute atomic E-state index is 0.243. The van der Waals surface area contributed by atoms with E-state index in [1.54, 1.807) is 0 Å². The van der Waals surface area contributed by atoms with Crippen molar-refractivity contribution >= 4 is 26.8 Å². The molecule has 0 bridgehead atoms. The van der Waals surface area contributed by atoms with Gasteiger partial charge in [-0.25, -0.2) is 0 Å². The zero-order chi connectivity index (χ0) is 10.8. The second-order valence-corrected chi connectivity index (χ2v) is 4.66. The van der Waals surface area contributed by atoms with Crippen molar-refractivity contribution in [1.82, 2.24) is 4.57 Å². The van der Waals surface area contributed by atoms with Gasteiger partial charge in [0.25, 0.3) is 0 Å². The Hall–Kier alpha value is -0.800. The number of hydrogen-bond donors (Lipinski definition) is 1. The summed E-state index contributed by atoms with van der Waals surface area (Å²) in [5, 5.41) is 10.1. The minimum Gasteiger partial charge on any atom is -0.396 e. The van der Waals surface area contributed by atoms with Crippen molar-refractivity contribution in [3.8, 4) is 0 Å². The molecule has 1 aromatic carbocycles. The van der Waals surface area contributed by atoms with Crippen molar-refractivity contribution in [3.05, 3.63) is 34.4 Å². The summed E-state index contributed by atoms with van der Waals surface area (Å²) in [6.07, 6.45) is 2.95. The van der Waals surface area contributed by atoms with Crippen LogP contribution in [0.5, 0.6) is 0 Å². The molecule has 0 atom stereocenters. The molecule has 0 amide bonds. The molecule has 15 heavy (non-hydrogen) atoms. The monoisotopic (exact) mass is 267 g/mol. The van der Waals surface area contributed by atoms with E-state index in [2.05, 4.69) is 51.8 Å². The predicted molar refractivity (Wildman–Crippen MR) is 66.1 cm³/mol. The highest BCUT2D eigenvalue weighted by atomic mass is 79.9. The molecule has 1 heterocycles. The Bertz CT molecular complexity index is 476. The lowest BCUT2D eigenvalue weighted by atomic mass is 10.2. The van der Waals surface area contributed by atoms with Gasteiger partial charge in [-0.2, -0.15) is 0 Å². The molecule has 0 spiro atoms. The van der Waals surface area contributed by atoms with Gasteiger partial charge in [0.05, 0.1) is 0 Å². The standard InChI is InChI=1S/C12H14BrNO/c1-9-8-14(5-2-6-15)12-7-10(13)3-4-11(9)12/h3-4,7-8,15H,2,5-6H2,1H3. The summed E-state index contributed by atoms with van der Waals surface area (Å²) in [5.74, 6) is 0. The minimum atomic E-state index is 0.243. The molecule has 0 aliphatic heterocycles. The highest BCUT2D eigenvalue weighted by molar-refractivity contribution is 9.10. The quantitative estimate of drug-likeness (QED) is 0.909. The molecule has 2 rings (SSSR count). The third kappa shape index (κ3) is 2.08. The first-order valence-corrected chi connectivity index (χ1v) is 5.87. The highest BCUT2D eigenvalue weighted by Gasteiger charge is 2.05. The van der Waals surface area contributed by atoms with Gasteiger partial charge in [0.2, 0.25) is 0 Å². The molecule has 0 saturated carbocycles. The van der Waals surface area contributed by atoms with Crippen molar-refractivity contribution in [2.75, 3.05) is 6.61 Å². The van der Waals surface area contributed by atoms with E-state index < -0.39 is 0 Å². The third-order valence-electron chi connectivity index (χ3n) is 2.60. The molecule has 2 nitrogen and oxygen atoms in total. The van der Waals surface area contributed by atoms with Gasteiger partial charge in [0.15, 0.2) is 0 Å². The number of aliphatic hydroxyl groups is 1. The Morgan fingerprint density at radius 2 is 2.20 bits per heavy atom. The molecule has 0 saturated heterocycles. The molecule has 0 unspecified atom stereocenters. The maximum absolute atomic E-state index is 8.84. The van der Waals surface area contributed by atoms with Gasteiger partial charge in [0, 0.05) is 34.7 Å². The maximum atomic E-state index is 8.84. The lowest BCUT2D eigenvalue weighted by Crippen LogP contribution is -1.98. The van der Waals surface area contributed by atoms with Crippen LogP contribution in [-0.2, 0) is 6.54 Å². The van der Waals surface area contributed by atoms with Gasteiger partial charge >= 0.3 is 0 Å². The zero-order valence-electron chi connectivity index (χ0n) is 8.70. The second kappa shape index (κ2) is 4.37. The SMILES string of the molecule is Cc1cn(CCCO)c2cc(Br)ccc12. The first-order valence-electron chi connectivity index (χ1n) is 5.08. The molecule has 1 aromatic heterocycles. The van der Waals surface area contributed by atoms with Crippen molar-refractivity contribution in [2.45, 2.75) is 19.9 Å². The number of aryl methyl sites for hydroxylation is 2. The number of benzene rings is 1. The van der Waals surface area contributed by atoms with Crippen LogP contribution in [0.4, 0.5) is 0 Å². The molecular weight excluding hydrogens is 254 g/mol. The van der Waals surface area contributed by atoms with E-state index in [9.17, 15) is 0 Å². The molecular formula is C12H14BrNO. The number of halogens is 1. The van der Waals surface area contributed by atoms with E-state index in [1.807, 2.05) is 0 Å². The zero-order valence-corrected chi connectivity index (χ0v) is 10.3. The van der Waals surface area contributed by atoms with Crippen LogP contribution in [0, 0.1) is 6.92 Å². The Kier molecular flexibility index (Phi) is 3.12. The van der Waals surface area contributed by atoms with Crippen LogP contribution in [0.15, 0.2) is 28.9 Å². The summed E-state index contributed by atoms with van der Waals surface area (Å²) in [7, 11) is 0. The molecule has 0 radical (unpaired) electrons. The number of fused-ring (bicyclic) bond motifs is 1. The Morgan fingerprint density at radius 3 is 2.93 bits per heavy atom. The molecule has 0 fully saturated rings. The third-order valence-corrected chi connectivity index (χ3v) is 3.09. The van der Waals surface area contributed by atoms with E-state index in [0.29, 0.717) is 0 Å². The lowest BCUT2D eigenvalue weighted by Gasteiger charge is -2.03. The summed E-state index contributed by atoms with van der Waals surface area (Å²) in [6, 6.07) is 6.32. The normalized spacial score (nSPS) is 11.1. The molecule has 0 aliphatic carbocycles. The number of nitrogens with zero attached hydrogens (tertiary/aromatic N) is 1. The molecule has 2 aromatic rings. The average molecular weight is 268 g/mol. The van der Waals surface area contributed by atoms with Gasteiger partial charge < -0.3 is 9.67 Å². The largest absolute Gasteiger partial charge is 0.396 e. The van der Waals surface area contributed by atoms with E-state index in [0.717, 1.165) is 17.4 Å². The highest BCUT2D eigenvalue weighted by Crippen LogP contribution is 2.24. The van der Waals surface area contributed by atoms with Crippen LogP contribution >= 0.6 is 15.9 Å². The predicted octanol–water partition coefficient (Wildman–Crippen LogP) is 3.09. The van der Waals surface area contributed by atoms with Crippen molar-refractivity contribution in [2.24, 2.45) is 0 Å². The summed E-state index contributed by atoms with van der Waals surface area (Å²) >= 11 is 3.48. The second-order valence-electron chi connectivity index (χ2n) is 3.74.